The van der Waals surface area contributed by atoms with E-state index in [9.17, 15) is 5.26 Å². The van der Waals surface area contributed by atoms with E-state index >= 15 is 0 Å². The average molecular weight is 372 g/mol. The van der Waals surface area contributed by atoms with E-state index in [1.807, 2.05) is 24.3 Å². The number of aromatic nitrogens is 2. The van der Waals surface area contributed by atoms with Crippen molar-refractivity contribution in [2.75, 3.05) is 13.2 Å². The lowest BCUT2D eigenvalue weighted by molar-refractivity contribution is 0.297. The Bertz CT molecular complexity index is 1090. The maximum absolute atomic E-state index is 9.44. The van der Waals surface area contributed by atoms with E-state index in [-0.39, 0.29) is 16.8 Å². The van der Waals surface area contributed by atoms with Gasteiger partial charge in [0.15, 0.2) is 17.1 Å². The monoisotopic (exact) mass is 372 g/mol. The van der Waals surface area contributed by atoms with E-state index in [1.165, 1.54) is 6.08 Å². The zero-order chi connectivity index (χ0) is 20.1. The number of nitrogens with two attached hydrogens (primary N) is 1. The quantitative estimate of drug-likeness (QED) is 0.646. The van der Waals surface area contributed by atoms with Crippen molar-refractivity contribution in [3.8, 4) is 41.0 Å². The van der Waals surface area contributed by atoms with Gasteiger partial charge in [-0.05, 0) is 24.3 Å². The molecular formula is C20H16N6O2. The second kappa shape index (κ2) is 7.99. The van der Waals surface area contributed by atoms with Crippen LogP contribution < -0.4 is 15.2 Å². The Morgan fingerprint density at radius 1 is 1.14 bits per heavy atom. The van der Waals surface area contributed by atoms with Crippen molar-refractivity contribution in [3.63, 3.8) is 0 Å². The van der Waals surface area contributed by atoms with Crippen molar-refractivity contribution < 1.29 is 9.47 Å². The Kier molecular flexibility index (Phi) is 5.30. The summed E-state index contributed by atoms with van der Waals surface area (Å²) in [4.78, 5) is 0. The van der Waals surface area contributed by atoms with Crippen LogP contribution in [0.5, 0.6) is 11.5 Å². The predicted molar refractivity (Wildman–Crippen MR) is 100 cm³/mol. The highest BCUT2D eigenvalue weighted by Crippen LogP contribution is 2.35. The Hall–Kier alpha value is -4.22. The van der Waals surface area contributed by atoms with Crippen LogP contribution in [0.1, 0.15) is 12.0 Å². The summed E-state index contributed by atoms with van der Waals surface area (Å²) < 4.78 is 13.0. The Labute approximate surface area is 161 Å². The molecule has 0 atom stereocenters. The minimum absolute atomic E-state index is 0.0155. The van der Waals surface area contributed by atoms with Crippen molar-refractivity contribution in [2.45, 2.75) is 6.42 Å². The third-order valence-corrected chi connectivity index (χ3v) is 4.08. The normalized spacial score (nSPS) is 12.9. The Balaban J connectivity index is 2.09. The minimum atomic E-state index is -0.311. The van der Waals surface area contributed by atoms with Crippen LogP contribution in [0.3, 0.4) is 0 Å². The molecule has 8 heteroatoms. The minimum Gasteiger partial charge on any atom is -0.490 e. The van der Waals surface area contributed by atoms with Crippen molar-refractivity contribution in [1.82, 2.24) is 9.78 Å². The molecule has 0 fully saturated rings. The highest BCUT2D eigenvalue weighted by Gasteiger charge is 2.16. The number of fused-ring (bicyclic) bond motifs is 1. The van der Waals surface area contributed by atoms with Crippen molar-refractivity contribution in [3.05, 3.63) is 46.8 Å². The van der Waals surface area contributed by atoms with Gasteiger partial charge in [-0.2, -0.15) is 20.9 Å². The van der Waals surface area contributed by atoms with Gasteiger partial charge in [-0.25, -0.2) is 0 Å². The lowest BCUT2D eigenvalue weighted by atomic mass is 10.0. The average Bonchev–Trinajstić information content (AvgIpc) is 2.91. The maximum Gasteiger partial charge on any atom is 0.161 e. The summed E-state index contributed by atoms with van der Waals surface area (Å²) in [6.07, 6.45) is 4.04. The first-order valence-electron chi connectivity index (χ1n) is 8.43. The fourth-order valence-electron chi connectivity index (χ4n) is 2.75. The molecule has 0 aliphatic carbocycles. The summed E-state index contributed by atoms with van der Waals surface area (Å²) in [5.41, 5.74) is 7.36. The molecular weight excluding hydrogens is 356 g/mol. The highest BCUT2D eigenvalue weighted by molar-refractivity contribution is 5.77. The van der Waals surface area contributed by atoms with Gasteiger partial charge in [-0.3, -0.25) is 4.68 Å². The number of hydrogen-bond donors (Lipinski definition) is 1. The van der Waals surface area contributed by atoms with Gasteiger partial charge < -0.3 is 15.2 Å². The zero-order valence-electron chi connectivity index (χ0n) is 15.1. The van der Waals surface area contributed by atoms with Crippen LogP contribution in [0.25, 0.3) is 17.3 Å². The highest BCUT2D eigenvalue weighted by atomic mass is 16.5. The number of benzene rings is 1. The van der Waals surface area contributed by atoms with Gasteiger partial charge in [-0.1, -0.05) is 0 Å². The first-order chi connectivity index (χ1) is 13.6. The van der Waals surface area contributed by atoms with Crippen LogP contribution >= 0.6 is 0 Å². The number of nitriles is 3. The van der Waals surface area contributed by atoms with Crippen molar-refractivity contribution >= 4 is 6.08 Å². The van der Waals surface area contributed by atoms with Gasteiger partial charge in [0.2, 0.25) is 0 Å². The number of aryl methyl sites for hydroxylation is 1. The standard InChI is InChI=1S/C20H16N6O2/c1-26-12-15(7-14(9-21)19(24)16(10-22)11-23)20(25-26)13-3-4-17-18(8-13)28-6-2-5-27-17/h3-4,7-8,12H,2,5-6,24H2,1H3/b14-7-. The molecule has 28 heavy (non-hydrogen) atoms. The predicted octanol–water partition coefficient (Wildman–Crippen LogP) is 2.42. The summed E-state index contributed by atoms with van der Waals surface area (Å²) in [6, 6.07) is 10.8. The van der Waals surface area contributed by atoms with E-state index in [2.05, 4.69) is 5.10 Å². The largest absolute Gasteiger partial charge is 0.490 e. The van der Waals surface area contributed by atoms with Gasteiger partial charge in [0.1, 0.15) is 18.2 Å². The van der Waals surface area contributed by atoms with Gasteiger partial charge in [0.05, 0.1) is 30.2 Å². The molecule has 0 radical (unpaired) electrons. The second-order valence-electron chi connectivity index (χ2n) is 6.00. The molecule has 2 heterocycles. The van der Waals surface area contributed by atoms with Gasteiger partial charge in [-0.15, -0.1) is 0 Å². The van der Waals surface area contributed by atoms with Crippen LogP contribution in [-0.4, -0.2) is 23.0 Å². The van der Waals surface area contributed by atoms with Crippen molar-refractivity contribution in [1.29, 1.82) is 15.8 Å². The lowest BCUT2D eigenvalue weighted by Crippen LogP contribution is -2.03. The summed E-state index contributed by atoms with van der Waals surface area (Å²) in [5, 5.41) is 31.9. The molecule has 3 rings (SSSR count). The van der Waals surface area contributed by atoms with E-state index in [4.69, 9.17) is 25.7 Å². The molecule has 0 amide bonds. The van der Waals surface area contributed by atoms with E-state index in [0.29, 0.717) is 36.0 Å². The van der Waals surface area contributed by atoms with Crippen LogP contribution in [0.2, 0.25) is 0 Å². The molecule has 1 aromatic carbocycles. The molecule has 1 aromatic heterocycles. The summed E-state index contributed by atoms with van der Waals surface area (Å²) in [5.74, 6) is 1.30. The summed E-state index contributed by atoms with van der Waals surface area (Å²) in [6.45, 7) is 1.16. The Morgan fingerprint density at radius 2 is 1.86 bits per heavy atom. The van der Waals surface area contributed by atoms with Crippen molar-refractivity contribution in [2.24, 2.45) is 12.8 Å². The molecule has 0 spiro atoms. The smallest absolute Gasteiger partial charge is 0.161 e. The molecule has 1 aliphatic heterocycles. The third-order valence-electron chi connectivity index (χ3n) is 4.08. The molecule has 0 unspecified atom stereocenters. The number of hydrogen-bond acceptors (Lipinski definition) is 7. The first-order valence-corrected chi connectivity index (χ1v) is 8.43. The zero-order valence-corrected chi connectivity index (χ0v) is 15.1. The number of nitrogens with zero attached hydrogens (tertiary/aromatic N) is 5. The van der Waals surface area contributed by atoms with Crippen LogP contribution in [0.4, 0.5) is 0 Å². The third kappa shape index (κ3) is 3.65. The van der Waals surface area contributed by atoms with Crippen LogP contribution in [-0.2, 0) is 7.05 Å². The fourth-order valence-corrected chi connectivity index (χ4v) is 2.75. The molecule has 1 aliphatic rings. The molecule has 0 saturated carbocycles. The van der Waals surface area contributed by atoms with E-state index < -0.39 is 0 Å². The van der Waals surface area contributed by atoms with Crippen LogP contribution in [0, 0.1) is 34.0 Å². The summed E-state index contributed by atoms with van der Waals surface area (Å²) in [7, 11) is 1.76. The molecule has 0 saturated heterocycles. The molecule has 8 nitrogen and oxygen atoms in total. The fraction of sp³-hybridized carbons (Fsp3) is 0.200. The molecule has 0 bridgehead atoms. The van der Waals surface area contributed by atoms with Crippen LogP contribution in [0.15, 0.2) is 41.2 Å². The number of rotatable bonds is 3. The number of ether oxygens (including phenoxy) is 2. The van der Waals surface area contributed by atoms with E-state index in [0.717, 1.165) is 12.0 Å². The van der Waals surface area contributed by atoms with Gasteiger partial charge in [0, 0.05) is 30.8 Å². The molecule has 2 N–H and O–H groups in total. The first kappa shape index (κ1) is 18.6. The topological polar surface area (TPSA) is 134 Å². The molecule has 2 aromatic rings. The van der Waals surface area contributed by atoms with Gasteiger partial charge in [0.25, 0.3) is 0 Å². The second-order valence-corrected chi connectivity index (χ2v) is 6.00. The SMILES string of the molecule is Cn1cc(/C=C(/C#N)C(N)=C(C#N)C#N)c(-c2ccc3c(c2)OCCCO3)n1. The van der Waals surface area contributed by atoms with E-state index in [1.54, 1.807) is 30.1 Å². The lowest BCUT2D eigenvalue weighted by Gasteiger charge is -2.09. The van der Waals surface area contributed by atoms with Gasteiger partial charge >= 0.3 is 0 Å². The molecule has 138 valence electrons. The Morgan fingerprint density at radius 3 is 2.54 bits per heavy atom. The number of allylic oxidation sites excluding steroid dienone is 2. The maximum atomic E-state index is 9.44. The summed E-state index contributed by atoms with van der Waals surface area (Å²) >= 11 is 0.